The molecule has 0 aliphatic carbocycles. The molecule has 10 heteroatoms. The molecular weight excluding hydrogens is 395 g/mol. The lowest BCUT2D eigenvalue weighted by Gasteiger charge is -2.12. The molecule has 138 valence electrons. The molecule has 5 nitrogen and oxygen atoms in total. The summed E-state index contributed by atoms with van der Waals surface area (Å²) in [5.74, 6) is 0.101. The fourth-order valence-corrected chi connectivity index (χ4v) is 2.46. The Morgan fingerprint density at radius 1 is 1.23 bits per heavy atom. The maximum absolute atomic E-state index is 12.7. The molecule has 0 N–H and O–H groups in total. The third-order valence-corrected chi connectivity index (χ3v) is 3.86. The summed E-state index contributed by atoms with van der Waals surface area (Å²) in [6.07, 6.45) is -4.49. The molecule has 0 saturated carbocycles. The van der Waals surface area contributed by atoms with Crippen molar-refractivity contribution in [3.05, 3.63) is 62.7 Å². The van der Waals surface area contributed by atoms with Crippen LogP contribution in [0.5, 0.6) is 11.5 Å². The van der Waals surface area contributed by atoms with Crippen molar-refractivity contribution in [2.75, 3.05) is 0 Å². The molecule has 26 heavy (non-hydrogen) atoms. The van der Waals surface area contributed by atoms with Crippen LogP contribution in [0.4, 0.5) is 18.9 Å². The molecule has 0 aliphatic heterocycles. The molecule has 0 heterocycles. The minimum Gasteiger partial charge on any atom is -0.456 e. The largest absolute Gasteiger partial charge is 0.456 e. The Balaban J connectivity index is 2.30. The van der Waals surface area contributed by atoms with Gasteiger partial charge in [0.2, 0.25) is 0 Å². The normalized spacial score (nSPS) is 11.3. The van der Waals surface area contributed by atoms with Crippen LogP contribution < -0.4 is 4.74 Å². The van der Waals surface area contributed by atoms with Gasteiger partial charge in [0.15, 0.2) is 5.12 Å². The summed E-state index contributed by atoms with van der Waals surface area (Å²) in [5, 5.41) is 10.4. The third-order valence-electron chi connectivity index (χ3n) is 3.34. The molecule has 0 amide bonds. The van der Waals surface area contributed by atoms with E-state index in [1.807, 2.05) is 0 Å². The lowest BCUT2D eigenvalue weighted by atomic mass is 10.1. The number of benzene rings is 2. The van der Waals surface area contributed by atoms with Gasteiger partial charge in [-0.3, -0.25) is 14.9 Å². The number of aryl methyl sites for hydroxylation is 1. The number of halogens is 4. The Kier molecular flexibility index (Phi) is 6.14. The average Bonchev–Trinajstić information content (AvgIpc) is 2.53. The molecule has 0 radical (unpaired) electrons. The molecule has 2 rings (SSSR count). The van der Waals surface area contributed by atoms with Crippen molar-refractivity contribution in [3.8, 4) is 11.5 Å². The van der Waals surface area contributed by atoms with Crippen molar-refractivity contribution in [1.82, 2.24) is 0 Å². The van der Waals surface area contributed by atoms with Gasteiger partial charge in [0.1, 0.15) is 11.5 Å². The Hall–Kier alpha value is -2.26. The number of nitro benzene ring substituents is 1. The van der Waals surface area contributed by atoms with E-state index in [4.69, 9.17) is 16.3 Å². The van der Waals surface area contributed by atoms with Crippen LogP contribution in [0.25, 0.3) is 0 Å². The zero-order chi connectivity index (χ0) is 19.5. The van der Waals surface area contributed by atoms with Crippen LogP contribution in [0.1, 0.15) is 17.5 Å². The van der Waals surface area contributed by atoms with E-state index in [1.54, 1.807) is 0 Å². The summed E-state index contributed by atoms with van der Waals surface area (Å²) in [4.78, 5) is 21.4. The molecule has 0 unspecified atom stereocenters. The quantitative estimate of drug-likeness (QED) is 0.394. The SMILES string of the molecule is O=C(S)CCc1cc(Oc2ccc(C(F)(F)F)cc2Cl)ccc1[N+](=O)[O-]. The Labute approximate surface area is 156 Å². The molecule has 2 aromatic rings. The first-order valence-corrected chi connectivity index (χ1v) is 7.94. The molecule has 2 aromatic carbocycles. The minimum atomic E-state index is -4.54. The number of nitrogens with zero attached hydrogens (tertiary/aromatic N) is 1. The highest BCUT2D eigenvalue weighted by atomic mass is 35.5. The van der Waals surface area contributed by atoms with Crippen LogP contribution in [0.15, 0.2) is 36.4 Å². The zero-order valence-electron chi connectivity index (χ0n) is 12.9. The summed E-state index contributed by atoms with van der Waals surface area (Å²) in [6.45, 7) is 0. The van der Waals surface area contributed by atoms with Gasteiger partial charge in [-0.05, 0) is 36.8 Å². The van der Waals surface area contributed by atoms with E-state index in [2.05, 4.69) is 12.6 Å². The fourth-order valence-electron chi connectivity index (χ4n) is 2.13. The second-order valence-electron chi connectivity index (χ2n) is 5.19. The molecule has 0 aromatic heterocycles. The molecule has 0 fully saturated rings. The highest BCUT2D eigenvalue weighted by molar-refractivity contribution is 7.96. The van der Waals surface area contributed by atoms with Gasteiger partial charge in [-0.25, -0.2) is 0 Å². The first kappa shape index (κ1) is 20.1. The summed E-state index contributed by atoms with van der Waals surface area (Å²) >= 11 is 9.44. The Morgan fingerprint density at radius 3 is 2.46 bits per heavy atom. The number of hydrogen-bond acceptors (Lipinski definition) is 4. The monoisotopic (exact) mass is 405 g/mol. The summed E-state index contributed by atoms with van der Waals surface area (Å²) in [7, 11) is 0. The number of alkyl halides is 3. The second kappa shape index (κ2) is 7.96. The molecule has 0 spiro atoms. The number of rotatable bonds is 6. The first-order chi connectivity index (χ1) is 12.1. The summed E-state index contributed by atoms with van der Waals surface area (Å²) < 4.78 is 43.4. The highest BCUT2D eigenvalue weighted by Gasteiger charge is 2.31. The Bertz CT molecular complexity index is 858. The van der Waals surface area contributed by atoms with Crippen molar-refractivity contribution in [2.24, 2.45) is 0 Å². The van der Waals surface area contributed by atoms with E-state index in [1.165, 1.54) is 18.2 Å². The fraction of sp³-hybridized carbons (Fsp3) is 0.188. The molecule has 0 atom stereocenters. The smallest absolute Gasteiger partial charge is 0.416 e. The third kappa shape index (κ3) is 5.12. The number of thiol groups is 1. The number of nitro groups is 1. The molecule has 0 bridgehead atoms. The van der Waals surface area contributed by atoms with Gasteiger partial charge in [-0.1, -0.05) is 11.6 Å². The van der Waals surface area contributed by atoms with E-state index in [-0.39, 0.29) is 40.6 Å². The van der Waals surface area contributed by atoms with E-state index in [0.717, 1.165) is 18.2 Å². The average molecular weight is 406 g/mol. The van der Waals surface area contributed by atoms with Crippen LogP contribution >= 0.6 is 24.2 Å². The number of carbonyl (C=O) groups excluding carboxylic acids is 1. The van der Waals surface area contributed by atoms with Crippen LogP contribution in [0.2, 0.25) is 5.02 Å². The predicted octanol–water partition coefficient (Wildman–Crippen LogP) is 5.45. The zero-order valence-corrected chi connectivity index (χ0v) is 14.6. The summed E-state index contributed by atoms with van der Waals surface area (Å²) in [5.41, 5.74) is -0.894. The van der Waals surface area contributed by atoms with E-state index >= 15 is 0 Å². The van der Waals surface area contributed by atoms with Crippen LogP contribution in [0.3, 0.4) is 0 Å². The molecule has 0 aliphatic rings. The van der Waals surface area contributed by atoms with Crippen LogP contribution in [0, 0.1) is 10.1 Å². The van der Waals surface area contributed by atoms with Crippen molar-refractivity contribution >= 4 is 35.0 Å². The number of ether oxygens (including phenoxy) is 1. The van der Waals surface area contributed by atoms with Gasteiger partial charge < -0.3 is 4.74 Å². The summed E-state index contributed by atoms with van der Waals surface area (Å²) in [6, 6.07) is 6.41. The van der Waals surface area contributed by atoms with Crippen molar-refractivity contribution < 1.29 is 27.6 Å². The van der Waals surface area contributed by atoms with Crippen molar-refractivity contribution in [3.63, 3.8) is 0 Å². The van der Waals surface area contributed by atoms with Crippen LogP contribution in [-0.2, 0) is 17.4 Å². The predicted molar refractivity (Wildman–Crippen MR) is 91.9 cm³/mol. The van der Waals surface area contributed by atoms with Gasteiger partial charge in [0.25, 0.3) is 5.69 Å². The van der Waals surface area contributed by atoms with E-state index in [9.17, 15) is 28.1 Å². The molecular formula is C16H11ClF3NO4S. The van der Waals surface area contributed by atoms with Crippen molar-refractivity contribution in [2.45, 2.75) is 19.0 Å². The topological polar surface area (TPSA) is 69.4 Å². The standard InChI is InChI=1S/C16H11ClF3NO4S/c17-12-8-10(16(18,19)20)2-5-14(12)25-11-3-4-13(21(23)24)9(7-11)1-6-15(22)26/h2-5,7-8H,1,6H2,(H,22,26). The lowest BCUT2D eigenvalue weighted by Crippen LogP contribution is -2.04. The first-order valence-electron chi connectivity index (χ1n) is 7.11. The number of carbonyl (C=O) groups is 1. The maximum Gasteiger partial charge on any atom is 0.416 e. The van der Waals surface area contributed by atoms with Gasteiger partial charge in [0, 0.05) is 18.1 Å². The van der Waals surface area contributed by atoms with Crippen molar-refractivity contribution in [1.29, 1.82) is 0 Å². The Morgan fingerprint density at radius 2 is 1.92 bits per heavy atom. The maximum atomic E-state index is 12.7. The van der Waals surface area contributed by atoms with E-state index in [0.29, 0.717) is 0 Å². The van der Waals surface area contributed by atoms with Gasteiger partial charge in [-0.15, -0.1) is 12.6 Å². The second-order valence-corrected chi connectivity index (χ2v) is 6.09. The van der Waals surface area contributed by atoms with Crippen LogP contribution in [-0.4, -0.2) is 10.0 Å². The lowest BCUT2D eigenvalue weighted by molar-refractivity contribution is -0.385. The molecule has 0 saturated heterocycles. The minimum absolute atomic E-state index is 0.0194. The number of hydrogen-bond donors (Lipinski definition) is 1. The van der Waals surface area contributed by atoms with Gasteiger partial charge in [0.05, 0.1) is 15.5 Å². The van der Waals surface area contributed by atoms with Gasteiger partial charge in [-0.2, -0.15) is 13.2 Å². The highest BCUT2D eigenvalue weighted by Crippen LogP contribution is 2.37. The van der Waals surface area contributed by atoms with Gasteiger partial charge >= 0.3 is 6.18 Å². The van der Waals surface area contributed by atoms with E-state index < -0.39 is 21.8 Å².